The first-order valence-corrected chi connectivity index (χ1v) is 6.12. The van der Waals surface area contributed by atoms with E-state index in [1.54, 1.807) is 18.2 Å². The first-order valence-electron chi connectivity index (χ1n) is 5.33. The SMILES string of the molecule is CCc1ncnc(Oc2cc(N)cc(Br)c2)c1F. The summed E-state index contributed by atoms with van der Waals surface area (Å²) in [5, 5.41) is 0. The predicted molar refractivity (Wildman–Crippen MR) is 70.0 cm³/mol. The molecule has 2 rings (SSSR count). The number of anilines is 1. The lowest BCUT2D eigenvalue weighted by molar-refractivity contribution is 0.415. The van der Waals surface area contributed by atoms with Gasteiger partial charge in [-0.25, -0.2) is 4.98 Å². The van der Waals surface area contributed by atoms with E-state index in [1.165, 1.54) is 6.33 Å². The first-order chi connectivity index (χ1) is 8.60. The maximum Gasteiger partial charge on any atom is 0.259 e. The topological polar surface area (TPSA) is 61.0 Å². The molecule has 0 saturated heterocycles. The molecule has 2 aromatic rings. The van der Waals surface area contributed by atoms with E-state index in [0.29, 0.717) is 23.6 Å². The normalized spacial score (nSPS) is 10.4. The molecule has 6 heteroatoms. The van der Waals surface area contributed by atoms with Crippen LogP contribution < -0.4 is 10.5 Å². The molecule has 0 spiro atoms. The van der Waals surface area contributed by atoms with Gasteiger partial charge in [0.15, 0.2) is 0 Å². The van der Waals surface area contributed by atoms with Gasteiger partial charge in [-0.1, -0.05) is 22.9 Å². The summed E-state index contributed by atoms with van der Waals surface area (Å²) in [7, 11) is 0. The Kier molecular flexibility index (Phi) is 3.76. The fourth-order valence-electron chi connectivity index (χ4n) is 1.46. The number of rotatable bonds is 3. The molecule has 0 radical (unpaired) electrons. The van der Waals surface area contributed by atoms with Gasteiger partial charge in [0.1, 0.15) is 12.1 Å². The average molecular weight is 312 g/mol. The highest BCUT2D eigenvalue weighted by Crippen LogP contribution is 2.28. The summed E-state index contributed by atoms with van der Waals surface area (Å²) in [4.78, 5) is 7.61. The molecule has 0 saturated carbocycles. The molecule has 4 nitrogen and oxygen atoms in total. The second-order valence-electron chi connectivity index (χ2n) is 3.62. The highest BCUT2D eigenvalue weighted by molar-refractivity contribution is 9.10. The Morgan fingerprint density at radius 3 is 2.78 bits per heavy atom. The lowest BCUT2D eigenvalue weighted by atomic mass is 10.3. The molecule has 0 amide bonds. The van der Waals surface area contributed by atoms with Crippen LogP contribution in [-0.4, -0.2) is 9.97 Å². The highest BCUT2D eigenvalue weighted by Gasteiger charge is 2.12. The van der Waals surface area contributed by atoms with Gasteiger partial charge in [0.2, 0.25) is 5.82 Å². The molecule has 0 unspecified atom stereocenters. The molecule has 94 valence electrons. The Balaban J connectivity index is 2.34. The predicted octanol–water partition coefficient (Wildman–Crippen LogP) is 3.32. The van der Waals surface area contributed by atoms with Crippen LogP contribution in [0.1, 0.15) is 12.6 Å². The van der Waals surface area contributed by atoms with Gasteiger partial charge in [-0.3, -0.25) is 0 Å². The second kappa shape index (κ2) is 5.30. The highest BCUT2D eigenvalue weighted by atomic mass is 79.9. The minimum atomic E-state index is -0.543. The zero-order valence-electron chi connectivity index (χ0n) is 9.65. The number of aryl methyl sites for hydroxylation is 1. The Bertz CT molecular complexity index is 557. The number of benzene rings is 1. The Labute approximate surface area is 112 Å². The number of ether oxygens (including phenoxy) is 1. The van der Waals surface area contributed by atoms with E-state index in [9.17, 15) is 4.39 Å². The molecule has 0 aliphatic rings. The minimum Gasteiger partial charge on any atom is -0.436 e. The lowest BCUT2D eigenvalue weighted by Crippen LogP contribution is -1.99. The van der Waals surface area contributed by atoms with Gasteiger partial charge in [-0.05, 0) is 18.6 Å². The van der Waals surface area contributed by atoms with Gasteiger partial charge in [-0.15, -0.1) is 0 Å². The van der Waals surface area contributed by atoms with E-state index in [2.05, 4.69) is 25.9 Å². The largest absolute Gasteiger partial charge is 0.436 e. The van der Waals surface area contributed by atoms with Gasteiger partial charge in [0, 0.05) is 16.2 Å². The summed E-state index contributed by atoms with van der Waals surface area (Å²) in [5.74, 6) is -0.223. The van der Waals surface area contributed by atoms with Crippen LogP contribution in [0.5, 0.6) is 11.6 Å². The number of nitrogen functional groups attached to an aromatic ring is 1. The fraction of sp³-hybridized carbons (Fsp3) is 0.167. The molecule has 0 aliphatic carbocycles. The molecule has 0 atom stereocenters. The third kappa shape index (κ3) is 2.76. The molecule has 1 aromatic heterocycles. The third-order valence-electron chi connectivity index (χ3n) is 2.27. The van der Waals surface area contributed by atoms with Crippen LogP contribution in [0.25, 0.3) is 0 Å². The van der Waals surface area contributed by atoms with Crippen molar-refractivity contribution in [1.82, 2.24) is 9.97 Å². The average Bonchev–Trinajstić information content (AvgIpc) is 2.30. The molecular formula is C12H11BrFN3O. The Morgan fingerprint density at radius 1 is 1.33 bits per heavy atom. The third-order valence-corrected chi connectivity index (χ3v) is 2.73. The van der Waals surface area contributed by atoms with Crippen molar-refractivity contribution in [3.63, 3.8) is 0 Å². The van der Waals surface area contributed by atoms with Crippen LogP contribution in [0, 0.1) is 5.82 Å². The molecule has 0 bridgehead atoms. The number of halogens is 2. The van der Waals surface area contributed by atoms with Crippen molar-refractivity contribution in [2.45, 2.75) is 13.3 Å². The summed E-state index contributed by atoms with van der Waals surface area (Å²) in [6, 6.07) is 5.00. The van der Waals surface area contributed by atoms with Crippen LogP contribution in [0.15, 0.2) is 29.0 Å². The van der Waals surface area contributed by atoms with Gasteiger partial charge >= 0.3 is 0 Å². The molecule has 0 aliphatic heterocycles. The van der Waals surface area contributed by atoms with Crippen molar-refractivity contribution in [3.8, 4) is 11.6 Å². The molecule has 0 fully saturated rings. The van der Waals surface area contributed by atoms with Crippen molar-refractivity contribution >= 4 is 21.6 Å². The monoisotopic (exact) mass is 311 g/mol. The minimum absolute atomic E-state index is 0.0978. The second-order valence-corrected chi connectivity index (χ2v) is 4.53. The van der Waals surface area contributed by atoms with Crippen LogP contribution in [0.4, 0.5) is 10.1 Å². The summed E-state index contributed by atoms with van der Waals surface area (Å²) in [6.45, 7) is 1.81. The standard InChI is InChI=1S/C12H11BrFN3O/c1-2-10-11(14)12(17-6-16-10)18-9-4-7(13)3-8(15)5-9/h3-6H,2,15H2,1H3. The smallest absolute Gasteiger partial charge is 0.259 e. The first kappa shape index (κ1) is 12.8. The van der Waals surface area contributed by atoms with Crippen molar-refractivity contribution in [2.75, 3.05) is 5.73 Å². The van der Waals surface area contributed by atoms with E-state index in [0.717, 1.165) is 4.47 Å². The van der Waals surface area contributed by atoms with E-state index in [-0.39, 0.29) is 5.88 Å². The molecule has 1 aromatic carbocycles. The number of nitrogens with zero attached hydrogens (tertiary/aromatic N) is 2. The zero-order valence-corrected chi connectivity index (χ0v) is 11.2. The Morgan fingerprint density at radius 2 is 2.11 bits per heavy atom. The van der Waals surface area contributed by atoms with E-state index in [1.807, 2.05) is 6.92 Å². The number of nitrogens with two attached hydrogens (primary N) is 1. The Hall–Kier alpha value is -1.69. The van der Waals surface area contributed by atoms with Crippen molar-refractivity contribution in [3.05, 3.63) is 40.5 Å². The van der Waals surface area contributed by atoms with Crippen LogP contribution in [0.2, 0.25) is 0 Å². The van der Waals surface area contributed by atoms with Gasteiger partial charge in [0.05, 0.1) is 5.69 Å². The van der Waals surface area contributed by atoms with E-state index < -0.39 is 5.82 Å². The number of hydrogen-bond acceptors (Lipinski definition) is 4. The van der Waals surface area contributed by atoms with Crippen LogP contribution in [-0.2, 0) is 6.42 Å². The maximum absolute atomic E-state index is 13.9. The van der Waals surface area contributed by atoms with Crippen molar-refractivity contribution < 1.29 is 9.13 Å². The molecule has 18 heavy (non-hydrogen) atoms. The maximum atomic E-state index is 13.9. The summed E-state index contributed by atoms with van der Waals surface area (Å²) in [6.07, 6.45) is 1.75. The molecular weight excluding hydrogens is 301 g/mol. The quantitative estimate of drug-likeness (QED) is 0.883. The lowest BCUT2D eigenvalue weighted by Gasteiger charge is -2.08. The molecule has 2 N–H and O–H groups in total. The summed E-state index contributed by atoms with van der Waals surface area (Å²) >= 11 is 3.29. The van der Waals surface area contributed by atoms with Crippen molar-refractivity contribution in [1.29, 1.82) is 0 Å². The van der Waals surface area contributed by atoms with Gasteiger partial charge in [-0.2, -0.15) is 9.37 Å². The van der Waals surface area contributed by atoms with Crippen LogP contribution >= 0.6 is 15.9 Å². The van der Waals surface area contributed by atoms with E-state index in [4.69, 9.17) is 10.5 Å². The van der Waals surface area contributed by atoms with Crippen molar-refractivity contribution in [2.24, 2.45) is 0 Å². The number of aromatic nitrogens is 2. The van der Waals surface area contributed by atoms with Crippen LogP contribution in [0.3, 0.4) is 0 Å². The molecule has 1 heterocycles. The van der Waals surface area contributed by atoms with Gasteiger partial charge < -0.3 is 10.5 Å². The number of hydrogen-bond donors (Lipinski definition) is 1. The van der Waals surface area contributed by atoms with E-state index >= 15 is 0 Å². The zero-order chi connectivity index (χ0) is 13.1. The summed E-state index contributed by atoms with van der Waals surface area (Å²) in [5.41, 5.74) is 6.51. The fourth-order valence-corrected chi connectivity index (χ4v) is 1.95. The summed E-state index contributed by atoms with van der Waals surface area (Å²) < 4.78 is 20.0. The van der Waals surface area contributed by atoms with Gasteiger partial charge in [0.25, 0.3) is 5.88 Å².